The van der Waals surface area contributed by atoms with E-state index in [9.17, 15) is 0 Å². The Morgan fingerprint density at radius 3 is 2.13 bits per heavy atom. The Balaban J connectivity index is 2.05. The average molecular weight is 301 g/mol. The topological polar surface area (TPSA) is 12.4 Å². The highest BCUT2D eigenvalue weighted by atomic mass is 14.7. The van der Waals surface area contributed by atoms with Crippen LogP contribution in [0, 0.1) is 0 Å². The van der Waals surface area contributed by atoms with E-state index in [0.29, 0.717) is 0 Å². The fourth-order valence-corrected chi connectivity index (χ4v) is 3.19. The predicted octanol–water partition coefficient (Wildman–Crippen LogP) is 6.34. The van der Waals surface area contributed by atoms with Gasteiger partial charge in [0.1, 0.15) is 0 Å². The van der Waals surface area contributed by atoms with Crippen molar-refractivity contribution in [3.63, 3.8) is 0 Å². The maximum absolute atomic E-state index is 4.80. The van der Waals surface area contributed by atoms with Gasteiger partial charge in [-0.15, -0.1) is 0 Å². The number of nitrogens with zero attached hydrogens (tertiary/aromatic N) is 1. The molecule has 0 saturated heterocycles. The molecule has 1 heteroatoms. The number of rotatable bonds is 3. The monoisotopic (exact) mass is 301 g/mol. The summed E-state index contributed by atoms with van der Waals surface area (Å²) in [4.78, 5) is 4.80. The van der Waals surface area contributed by atoms with Crippen molar-refractivity contribution in [1.82, 2.24) is 0 Å². The maximum Gasteiger partial charge on any atom is 0.0633 e. The van der Waals surface area contributed by atoms with E-state index in [0.717, 1.165) is 17.8 Å². The van der Waals surface area contributed by atoms with E-state index in [1.165, 1.54) is 33.4 Å². The van der Waals surface area contributed by atoms with Crippen LogP contribution in [-0.2, 0) is 0 Å². The minimum Gasteiger partial charge on any atom is -0.253 e. The molecule has 0 bridgehead atoms. The maximum atomic E-state index is 4.80. The SMILES string of the molecule is CC(=Nc1ccccc1)c1ccccc1C1=C(C)C(C)=C(C)C1. The third kappa shape index (κ3) is 3.05. The molecule has 0 aromatic heterocycles. The first-order valence-corrected chi connectivity index (χ1v) is 8.14. The Bertz CT molecular complexity index is 820. The molecule has 23 heavy (non-hydrogen) atoms. The van der Waals surface area contributed by atoms with Crippen LogP contribution in [0.1, 0.15) is 45.2 Å². The zero-order chi connectivity index (χ0) is 16.4. The molecule has 1 aliphatic rings. The molecule has 1 aliphatic carbocycles. The number of aliphatic imine (C=N–C) groups is 1. The molecule has 0 radical (unpaired) electrons. The van der Waals surface area contributed by atoms with E-state index >= 15 is 0 Å². The number of hydrogen-bond acceptors (Lipinski definition) is 1. The van der Waals surface area contributed by atoms with Crippen LogP contribution in [0.4, 0.5) is 5.69 Å². The molecule has 116 valence electrons. The van der Waals surface area contributed by atoms with E-state index in [4.69, 9.17) is 4.99 Å². The fraction of sp³-hybridized carbons (Fsp3) is 0.227. The molecule has 0 N–H and O–H groups in total. The first-order chi connectivity index (χ1) is 11.1. The third-order valence-corrected chi connectivity index (χ3v) is 4.79. The summed E-state index contributed by atoms with van der Waals surface area (Å²) in [5.41, 5.74) is 10.4. The molecule has 0 atom stereocenters. The zero-order valence-corrected chi connectivity index (χ0v) is 14.4. The molecular formula is C22H23N. The van der Waals surface area contributed by atoms with Crippen LogP contribution in [0.5, 0.6) is 0 Å². The summed E-state index contributed by atoms with van der Waals surface area (Å²) in [6.07, 6.45) is 1.05. The van der Waals surface area contributed by atoms with Crippen LogP contribution in [-0.4, -0.2) is 5.71 Å². The molecule has 0 saturated carbocycles. The molecule has 0 heterocycles. The molecule has 0 fully saturated rings. The molecule has 2 aromatic carbocycles. The minimum atomic E-state index is 1.00. The first kappa shape index (κ1) is 15.5. The van der Waals surface area contributed by atoms with Crippen molar-refractivity contribution in [1.29, 1.82) is 0 Å². The van der Waals surface area contributed by atoms with Gasteiger partial charge in [-0.3, -0.25) is 4.99 Å². The second-order valence-electron chi connectivity index (χ2n) is 6.26. The van der Waals surface area contributed by atoms with Crippen molar-refractivity contribution < 1.29 is 0 Å². The van der Waals surface area contributed by atoms with E-state index in [-0.39, 0.29) is 0 Å². The quantitative estimate of drug-likeness (QED) is 0.586. The normalized spacial score (nSPS) is 15.6. The summed E-state index contributed by atoms with van der Waals surface area (Å²) in [6, 6.07) is 18.8. The van der Waals surface area contributed by atoms with E-state index in [1.54, 1.807) is 0 Å². The summed E-state index contributed by atoms with van der Waals surface area (Å²) in [6.45, 7) is 8.80. The molecule has 3 rings (SSSR count). The van der Waals surface area contributed by atoms with Gasteiger partial charge in [0, 0.05) is 11.3 Å². The summed E-state index contributed by atoms with van der Waals surface area (Å²) in [5, 5.41) is 0. The first-order valence-electron chi connectivity index (χ1n) is 8.14. The lowest BCUT2D eigenvalue weighted by Crippen LogP contribution is -2.00. The van der Waals surface area contributed by atoms with Crippen LogP contribution >= 0.6 is 0 Å². The Kier molecular flexibility index (Phi) is 4.29. The lowest BCUT2D eigenvalue weighted by Gasteiger charge is -2.12. The predicted molar refractivity (Wildman–Crippen MR) is 100 cm³/mol. The van der Waals surface area contributed by atoms with Crippen LogP contribution in [0.3, 0.4) is 0 Å². The lowest BCUT2D eigenvalue weighted by atomic mass is 9.93. The van der Waals surface area contributed by atoms with Crippen molar-refractivity contribution >= 4 is 17.0 Å². The summed E-state index contributed by atoms with van der Waals surface area (Å²) < 4.78 is 0. The van der Waals surface area contributed by atoms with Gasteiger partial charge in [-0.05, 0) is 68.5 Å². The largest absolute Gasteiger partial charge is 0.253 e. The van der Waals surface area contributed by atoms with Gasteiger partial charge < -0.3 is 0 Å². The van der Waals surface area contributed by atoms with Crippen LogP contribution in [0.2, 0.25) is 0 Å². The van der Waals surface area contributed by atoms with E-state index in [2.05, 4.69) is 52.0 Å². The average Bonchev–Trinajstić information content (AvgIpc) is 2.83. The number of hydrogen-bond donors (Lipinski definition) is 0. The Hall–Kier alpha value is -2.41. The van der Waals surface area contributed by atoms with Gasteiger partial charge in [-0.2, -0.15) is 0 Å². The van der Waals surface area contributed by atoms with Gasteiger partial charge in [-0.25, -0.2) is 0 Å². The summed E-state index contributed by atoms with van der Waals surface area (Å²) in [5.74, 6) is 0. The van der Waals surface area contributed by atoms with Gasteiger partial charge in [0.15, 0.2) is 0 Å². The minimum absolute atomic E-state index is 1.00. The highest BCUT2D eigenvalue weighted by Gasteiger charge is 2.19. The third-order valence-electron chi connectivity index (χ3n) is 4.79. The molecule has 0 unspecified atom stereocenters. The standard InChI is InChI=1S/C22H23N/c1-15-14-22(17(3)16(15)2)21-13-9-8-12-20(21)18(4)23-19-10-6-5-7-11-19/h5-13H,14H2,1-4H3. The number of para-hydroxylation sites is 1. The number of allylic oxidation sites excluding steroid dienone is 4. The van der Waals surface area contributed by atoms with Crippen molar-refractivity contribution in [3.8, 4) is 0 Å². The van der Waals surface area contributed by atoms with Gasteiger partial charge in [0.2, 0.25) is 0 Å². The molecule has 0 spiro atoms. The second kappa shape index (κ2) is 6.37. The molecule has 2 aromatic rings. The van der Waals surface area contributed by atoms with Crippen LogP contribution < -0.4 is 0 Å². The van der Waals surface area contributed by atoms with Gasteiger partial charge in [0.25, 0.3) is 0 Å². The summed E-state index contributed by atoms with van der Waals surface area (Å²) in [7, 11) is 0. The van der Waals surface area contributed by atoms with Gasteiger partial charge in [0.05, 0.1) is 5.69 Å². The van der Waals surface area contributed by atoms with Gasteiger partial charge in [-0.1, -0.05) is 48.0 Å². The second-order valence-corrected chi connectivity index (χ2v) is 6.26. The van der Waals surface area contributed by atoms with Crippen molar-refractivity contribution in [2.75, 3.05) is 0 Å². The fourth-order valence-electron chi connectivity index (χ4n) is 3.19. The lowest BCUT2D eigenvalue weighted by molar-refractivity contribution is 1.22. The Morgan fingerprint density at radius 2 is 1.48 bits per heavy atom. The van der Waals surface area contributed by atoms with Gasteiger partial charge >= 0.3 is 0 Å². The van der Waals surface area contributed by atoms with Crippen molar-refractivity contribution in [2.24, 2.45) is 4.99 Å². The van der Waals surface area contributed by atoms with Crippen molar-refractivity contribution in [3.05, 3.63) is 82.4 Å². The molecule has 0 aliphatic heterocycles. The summed E-state index contributed by atoms with van der Waals surface area (Å²) >= 11 is 0. The highest BCUT2D eigenvalue weighted by molar-refractivity contribution is 6.04. The highest BCUT2D eigenvalue weighted by Crippen LogP contribution is 2.39. The van der Waals surface area contributed by atoms with E-state index in [1.807, 2.05) is 30.3 Å². The number of benzene rings is 2. The Morgan fingerprint density at radius 1 is 0.826 bits per heavy atom. The molecule has 0 amide bonds. The molecular weight excluding hydrogens is 278 g/mol. The smallest absolute Gasteiger partial charge is 0.0633 e. The van der Waals surface area contributed by atoms with Crippen molar-refractivity contribution in [2.45, 2.75) is 34.1 Å². The van der Waals surface area contributed by atoms with Crippen LogP contribution in [0.25, 0.3) is 5.57 Å². The Labute approximate surface area is 139 Å². The van der Waals surface area contributed by atoms with E-state index < -0.39 is 0 Å². The molecule has 1 nitrogen and oxygen atoms in total. The van der Waals surface area contributed by atoms with Crippen LogP contribution in [0.15, 0.2) is 76.3 Å². The zero-order valence-electron chi connectivity index (χ0n) is 14.4.